The summed E-state index contributed by atoms with van der Waals surface area (Å²) in [6.45, 7) is 9.51. The second-order valence-corrected chi connectivity index (χ2v) is 6.18. The fraction of sp³-hybridized carbons (Fsp3) is 0.692. The molecule has 18 heavy (non-hydrogen) atoms. The predicted octanol–water partition coefficient (Wildman–Crippen LogP) is 2.91. The van der Waals surface area contributed by atoms with E-state index in [4.69, 9.17) is 4.74 Å². The molecule has 0 bridgehead atoms. The Kier molecular flexibility index (Phi) is 5.28. The molecule has 1 heterocycles. The van der Waals surface area contributed by atoms with Gasteiger partial charge in [0.05, 0.1) is 6.04 Å². The molecule has 0 amide bonds. The van der Waals surface area contributed by atoms with Crippen LogP contribution in [0.25, 0.3) is 0 Å². The summed E-state index contributed by atoms with van der Waals surface area (Å²) in [6.07, 6.45) is 2.67. The first kappa shape index (κ1) is 15.1. The number of ether oxygens (including phenoxy) is 1. The lowest BCUT2D eigenvalue weighted by Gasteiger charge is -2.25. The molecule has 1 aromatic heterocycles. The Labute approximate surface area is 113 Å². The van der Waals surface area contributed by atoms with Crippen LogP contribution in [-0.2, 0) is 9.53 Å². The van der Waals surface area contributed by atoms with Gasteiger partial charge in [-0.05, 0) is 34.1 Å². The molecule has 0 radical (unpaired) electrons. The summed E-state index contributed by atoms with van der Waals surface area (Å²) in [7, 11) is 0. The van der Waals surface area contributed by atoms with E-state index in [-0.39, 0.29) is 18.1 Å². The van der Waals surface area contributed by atoms with Crippen LogP contribution in [0.15, 0.2) is 11.6 Å². The van der Waals surface area contributed by atoms with Gasteiger partial charge < -0.3 is 4.74 Å². The molecule has 0 saturated carbocycles. The average Bonchev–Trinajstić information content (AvgIpc) is 2.76. The van der Waals surface area contributed by atoms with Crippen molar-refractivity contribution in [3.63, 3.8) is 0 Å². The zero-order chi connectivity index (χ0) is 13.8. The molecule has 2 atom stereocenters. The maximum absolute atomic E-state index is 11.9. The van der Waals surface area contributed by atoms with Crippen LogP contribution in [0.3, 0.4) is 0 Å². The van der Waals surface area contributed by atoms with Gasteiger partial charge in [0.2, 0.25) is 0 Å². The quantitative estimate of drug-likeness (QED) is 0.836. The fourth-order valence-electron chi connectivity index (χ4n) is 1.53. The van der Waals surface area contributed by atoms with Crippen molar-refractivity contribution in [2.75, 3.05) is 0 Å². The molecule has 0 spiro atoms. The van der Waals surface area contributed by atoms with Crippen LogP contribution < -0.4 is 5.32 Å². The van der Waals surface area contributed by atoms with Crippen molar-refractivity contribution in [3.05, 3.63) is 16.6 Å². The van der Waals surface area contributed by atoms with Crippen LogP contribution in [0.1, 0.15) is 52.1 Å². The molecule has 0 saturated heterocycles. The number of nitrogens with zero attached hydrogens (tertiary/aromatic N) is 1. The van der Waals surface area contributed by atoms with E-state index in [2.05, 4.69) is 17.2 Å². The molecule has 0 aliphatic rings. The van der Waals surface area contributed by atoms with Crippen molar-refractivity contribution in [3.8, 4) is 0 Å². The lowest BCUT2D eigenvalue weighted by molar-refractivity contribution is -0.157. The smallest absolute Gasteiger partial charge is 0.323 e. The maximum atomic E-state index is 11.9. The van der Waals surface area contributed by atoms with E-state index in [0.29, 0.717) is 0 Å². The third-order valence-corrected chi connectivity index (χ3v) is 3.26. The monoisotopic (exact) mass is 270 g/mol. The van der Waals surface area contributed by atoms with Gasteiger partial charge in [0, 0.05) is 11.6 Å². The fourth-order valence-corrected chi connectivity index (χ4v) is 2.31. The van der Waals surface area contributed by atoms with Crippen LogP contribution in [0.2, 0.25) is 0 Å². The first-order valence-electron chi connectivity index (χ1n) is 6.21. The van der Waals surface area contributed by atoms with Gasteiger partial charge >= 0.3 is 5.97 Å². The predicted molar refractivity (Wildman–Crippen MR) is 73.6 cm³/mol. The van der Waals surface area contributed by atoms with Gasteiger partial charge in [-0.15, -0.1) is 11.3 Å². The first-order chi connectivity index (χ1) is 8.33. The van der Waals surface area contributed by atoms with Crippen LogP contribution >= 0.6 is 11.3 Å². The Morgan fingerprint density at radius 2 is 2.22 bits per heavy atom. The van der Waals surface area contributed by atoms with E-state index < -0.39 is 5.60 Å². The molecule has 4 nitrogen and oxygen atoms in total. The van der Waals surface area contributed by atoms with Crippen molar-refractivity contribution < 1.29 is 9.53 Å². The van der Waals surface area contributed by atoms with Gasteiger partial charge in [0.25, 0.3) is 0 Å². The number of nitrogens with one attached hydrogen (secondary N) is 1. The zero-order valence-electron chi connectivity index (χ0n) is 11.7. The van der Waals surface area contributed by atoms with Crippen LogP contribution in [0, 0.1) is 0 Å². The number of aromatic nitrogens is 1. The number of carbonyl (C=O) groups excluding carboxylic acids is 1. The summed E-state index contributed by atoms with van der Waals surface area (Å²) < 4.78 is 5.34. The van der Waals surface area contributed by atoms with Crippen LogP contribution in [-0.4, -0.2) is 22.6 Å². The Morgan fingerprint density at radius 3 is 2.67 bits per heavy atom. The highest BCUT2D eigenvalue weighted by Crippen LogP contribution is 2.20. The topological polar surface area (TPSA) is 51.2 Å². The van der Waals surface area contributed by atoms with E-state index >= 15 is 0 Å². The van der Waals surface area contributed by atoms with E-state index in [1.807, 2.05) is 33.1 Å². The van der Waals surface area contributed by atoms with Crippen LogP contribution in [0.5, 0.6) is 0 Å². The highest BCUT2D eigenvalue weighted by Gasteiger charge is 2.24. The molecule has 2 unspecified atom stereocenters. The number of rotatable bonds is 5. The van der Waals surface area contributed by atoms with E-state index in [1.165, 1.54) is 0 Å². The summed E-state index contributed by atoms with van der Waals surface area (Å²) in [4.78, 5) is 16.2. The minimum Gasteiger partial charge on any atom is -0.459 e. The minimum atomic E-state index is -0.448. The van der Waals surface area contributed by atoms with E-state index in [0.717, 1.165) is 11.4 Å². The van der Waals surface area contributed by atoms with Crippen molar-refractivity contribution >= 4 is 17.3 Å². The first-order valence-corrected chi connectivity index (χ1v) is 7.09. The molecule has 0 aliphatic carbocycles. The number of thiazole rings is 1. The largest absolute Gasteiger partial charge is 0.459 e. The molecule has 0 aromatic carbocycles. The number of carbonyl (C=O) groups is 1. The highest BCUT2D eigenvalue weighted by atomic mass is 32.1. The number of hydrogen-bond acceptors (Lipinski definition) is 5. The summed E-state index contributed by atoms with van der Waals surface area (Å²) in [6, 6.07) is -0.231. The maximum Gasteiger partial charge on any atom is 0.323 e. The summed E-state index contributed by atoms with van der Waals surface area (Å²) in [5.41, 5.74) is -0.448. The molecular formula is C13H22N2O2S. The Morgan fingerprint density at radius 1 is 1.56 bits per heavy atom. The minimum absolute atomic E-state index is 0.104. The lowest BCUT2D eigenvalue weighted by atomic mass is 10.1. The Hall–Kier alpha value is -0.940. The van der Waals surface area contributed by atoms with Crippen molar-refractivity contribution in [1.82, 2.24) is 10.3 Å². The molecule has 1 rings (SSSR count). The van der Waals surface area contributed by atoms with Crippen molar-refractivity contribution in [2.24, 2.45) is 0 Å². The van der Waals surface area contributed by atoms with Gasteiger partial charge in [-0.25, -0.2) is 4.98 Å². The summed E-state index contributed by atoms with van der Waals surface area (Å²) >= 11 is 1.60. The molecule has 5 heteroatoms. The Bertz CT molecular complexity index is 371. The van der Waals surface area contributed by atoms with E-state index in [9.17, 15) is 4.79 Å². The Balaban J connectivity index is 2.57. The zero-order valence-corrected chi connectivity index (χ0v) is 12.5. The van der Waals surface area contributed by atoms with Gasteiger partial charge in [0.15, 0.2) is 0 Å². The van der Waals surface area contributed by atoms with Gasteiger partial charge in [-0.3, -0.25) is 10.1 Å². The molecule has 0 aliphatic heterocycles. The highest BCUT2D eigenvalue weighted by molar-refractivity contribution is 7.09. The van der Waals surface area contributed by atoms with Gasteiger partial charge in [0.1, 0.15) is 16.7 Å². The second kappa shape index (κ2) is 6.29. The SMILES string of the molecule is CCC(NC(C)C(=O)OC(C)(C)C)c1nccs1. The summed E-state index contributed by atoms with van der Waals surface area (Å²) in [5, 5.41) is 6.21. The van der Waals surface area contributed by atoms with Crippen molar-refractivity contribution in [1.29, 1.82) is 0 Å². The van der Waals surface area contributed by atoms with E-state index in [1.54, 1.807) is 17.5 Å². The summed E-state index contributed by atoms with van der Waals surface area (Å²) in [5.74, 6) is -0.225. The van der Waals surface area contributed by atoms with Crippen molar-refractivity contribution in [2.45, 2.75) is 58.7 Å². The second-order valence-electron chi connectivity index (χ2n) is 5.25. The van der Waals surface area contributed by atoms with Gasteiger partial charge in [-0.2, -0.15) is 0 Å². The number of hydrogen-bond donors (Lipinski definition) is 1. The third kappa shape index (κ3) is 4.74. The average molecular weight is 270 g/mol. The van der Waals surface area contributed by atoms with Crippen LogP contribution in [0.4, 0.5) is 0 Å². The molecule has 1 aromatic rings. The molecule has 1 N–H and O–H groups in total. The molecule has 0 fully saturated rings. The molecular weight excluding hydrogens is 248 g/mol. The standard InChI is InChI=1S/C13H22N2O2S/c1-6-10(11-14-7-8-18-11)15-9(2)12(16)17-13(3,4)5/h7-10,15H,6H2,1-5H3. The van der Waals surface area contributed by atoms with Gasteiger partial charge in [-0.1, -0.05) is 6.92 Å². The number of esters is 1. The third-order valence-electron chi connectivity index (χ3n) is 2.37. The normalized spacial score (nSPS) is 15.2. The lowest BCUT2D eigenvalue weighted by Crippen LogP contribution is -2.40. The molecule has 102 valence electrons.